The third-order valence-corrected chi connectivity index (χ3v) is 8.12. The van der Waals surface area contributed by atoms with Gasteiger partial charge < -0.3 is 14.2 Å². The van der Waals surface area contributed by atoms with Gasteiger partial charge in [0.05, 0.1) is 13.2 Å². The molecule has 1 N–H and O–H groups in total. The molecule has 2 saturated heterocycles. The second kappa shape index (κ2) is 12.3. The fourth-order valence-electron chi connectivity index (χ4n) is 4.25. The van der Waals surface area contributed by atoms with Crippen molar-refractivity contribution in [3.63, 3.8) is 0 Å². The van der Waals surface area contributed by atoms with Gasteiger partial charge in [-0.25, -0.2) is 0 Å². The van der Waals surface area contributed by atoms with Crippen LogP contribution in [-0.4, -0.2) is 110 Å². The number of para-hydroxylation sites is 1. The molecule has 0 amide bonds. The number of phenols is 1. The van der Waals surface area contributed by atoms with Crippen LogP contribution in [0, 0.1) is 0 Å². The maximum absolute atomic E-state index is 13.0. The standard InChI is InChI=1S/C22H39N4O4P/c1-3-29-31(28,30-4-2)20-26-17-13-23-9-10-24(14-18-26)12-16-25(15-11-23)19-21-7-5-6-8-22(21)27/h5-8,27H,3-4,9-20H2,1-2H3. The molecule has 0 aliphatic carbocycles. The minimum atomic E-state index is -3.08. The number of nitrogens with zero attached hydrogens (tertiary/aromatic N) is 4. The molecule has 2 aliphatic heterocycles. The van der Waals surface area contributed by atoms with Crippen molar-refractivity contribution in [2.45, 2.75) is 20.4 Å². The van der Waals surface area contributed by atoms with Crippen molar-refractivity contribution in [1.29, 1.82) is 0 Å². The normalized spacial score (nSPS) is 24.6. The lowest BCUT2D eigenvalue weighted by atomic mass is 10.2. The van der Waals surface area contributed by atoms with Gasteiger partial charge in [-0.1, -0.05) is 18.2 Å². The van der Waals surface area contributed by atoms with Crippen molar-refractivity contribution in [3.8, 4) is 5.75 Å². The van der Waals surface area contributed by atoms with Crippen LogP contribution in [-0.2, 0) is 20.2 Å². The summed E-state index contributed by atoms with van der Waals surface area (Å²) in [4.78, 5) is 9.69. The van der Waals surface area contributed by atoms with Crippen molar-refractivity contribution < 1.29 is 18.7 Å². The molecule has 1 aromatic rings. The Labute approximate surface area is 187 Å². The molecule has 0 aromatic heterocycles. The fraction of sp³-hybridized carbons (Fsp3) is 0.727. The van der Waals surface area contributed by atoms with E-state index in [0.29, 0.717) is 25.2 Å². The Kier molecular flexibility index (Phi) is 9.78. The number of rotatable bonds is 8. The Hall–Kier alpha value is -0.990. The molecule has 1 aromatic carbocycles. The highest BCUT2D eigenvalue weighted by atomic mass is 31.2. The van der Waals surface area contributed by atoms with Gasteiger partial charge in [-0.3, -0.25) is 24.2 Å². The first-order valence-electron chi connectivity index (χ1n) is 11.6. The Balaban J connectivity index is 1.62. The second-order valence-corrected chi connectivity index (χ2v) is 10.3. The molecule has 3 rings (SSSR count). The van der Waals surface area contributed by atoms with Crippen LogP contribution in [0.2, 0.25) is 0 Å². The molecule has 2 bridgehead atoms. The van der Waals surface area contributed by atoms with E-state index in [9.17, 15) is 9.67 Å². The zero-order chi connectivity index (χ0) is 22.1. The molecular weight excluding hydrogens is 415 g/mol. The molecule has 0 saturated carbocycles. The van der Waals surface area contributed by atoms with Gasteiger partial charge in [-0.05, 0) is 19.9 Å². The van der Waals surface area contributed by atoms with Crippen molar-refractivity contribution in [3.05, 3.63) is 29.8 Å². The summed E-state index contributed by atoms with van der Waals surface area (Å²) < 4.78 is 24.1. The van der Waals surface area contributed by atoms with Crippen molar-refractivity contribution in [2.24, 2.45) is 0 Å². The lowest BCUT2D eigenvalue weighted by Gasteiger charge is -2.31. The van der Waals surface area contributed by atoms with Gasteiger partial charge in [0.2, 0.25) is 0 Å². The zero-order valence-electron chi connectivity index (χ0n) is 19.1. The molecule has 0 spiro atoms. The van der Waals surface area contributed by atoms with Crippen LogP contribution in [0.1, 0.15) is 19.4 Å². The van der Waals surface area contributed by atoms with Crippen LogP contribution in [0.25, 0.3) is 0 Å². The van der Waals surface area contributed by atoms with Crippen LogP contribution in [0.5, 0.6) is 5.75 Å². The highest BCUT2D eigenvalue weighted by molar-refractivity contribution is 7.53. The summed E-state index contributed by atoms with van der Waals surface area (Å²) in [7, 11) is -3.08. The first-order valence-corrected chi connectivity index (χ1v) is 13.3. The molecule has 2 aliphatic rings. The van der Waals surface area contributed by atoms with Crippen molar-refractivity contribution >= 4 is 7.60 Å². The predicted molar refractivity (Wildman–Crippen MR) is 124 cm³/mol. The second-order valence-electron chi connectivity index (χ2n) is 8.29. The largest absolute Gasteiger partial charge is 0.508 e. The predicted octanol–water partition coefficient (Wildman–Crippen LogP) is 2.35. The molecule has 31 heavy (non-hydrogen) atoms. The summed E-state index contributed by atoms with van der Waals surface area (Å²) in [5.74, 6) is 0.376. The van der Waals surface area contributed by atoms with E-state index < -0.39 is 7.60 Å². The fourth-order valence-corrected chi connectivity index (χ4v) is 6.05. The molecule has 0 radical (unpaired) electrons. The average molecular weight is 455 g/mol. The molecule has 2 atom stereocenters. The topological polar surface area (TPSA) is 68.7 Å². The summed E-state index contributed by atoms with van der Waals surface area (Å²) in [5, 5.41) is 10.2. The lowest BCUT2D eigenvalue weighted by Crippen LogP contribution is -2.42. The molecule has 2 unspecified atom stereocenters. The number of benzene rings is 1. The Morgan fingerprint density at radius 3 is 1.81 bits per heavy atom. The van der Waals surface area contributed by atoms with Crippen LogP contribution in [0.3, 0.4) is 0 Å². The van der Waals surface area contributed by atoms with Gasteiger partial charge in [0.15, 0.2) is 0 Å². The van der Waals surface area contributed by atoms with E-state index in [2.05, 4.69) is 19.6 Å². The lowest BCUT2D eigenvalue weighted by molar-refractivity contribution is 0.164. The van der Waals surface area contributed by atoms with Crippen molar-refractivity contribution in [2.75, 3.05) is 84.9 Å². The van der Waals surface area contributed by atoms with Crippen LogP contribution in [0.15, 0.2) is 24.3 Å². The number of hydrogen-bond donors (Lipinski definition) is 1. The van der Waals surface area contributed by atoms with E-state index in [1.165, 1.54) is 0 Å². The maximum Gasteiger partial charge on any atom is 0.344 e. The highest BCUT2D eigenvalue weighted by Gasteiger charge is 2.29. The van der Waals surface area contributed by atoms with Crippen LogP contribution >= 0.6 is 7.60 Å². The van der Waals surface area contributed by atoms with Gasteiger partial charge >= 0.3 is 7.60 Å². The van der Waals surface area contributed by atoms with Gasteiger partial charge in [0, 0.05) is 77.6 Å². The summed E-state index contributed by atoms with van der Waals surface area (Å²) in [5.41, 5.74) is 0.987. The Morgan fingerprint density at radius 2 is 1.29 bits per heavy atom. The SMILES string of the molecule is CCOP(=O)(CN1CCN2CCN(CCN(Cc3ccccc3O)CC2)CC1)OCC. The van der Waals surface area contributed by atoms with E-state index in [0.717, 1.165) is 77.6 Å². The summed E-state index contributed by atoms with van der Waals surface area (Å²) >= 11 is 0. The maximum atomic E-state index is 13.0. The minimum absolute atomic E-state index is 0.357. The molecule has 9 heteroatoms. The van der Waals surface area contributed by atoms with E-state index in [1.807, 2.05) is 32.0 Å². The molecule has 176 valence electrons. The van der Waals surface area contributed by atoms with E-state index in [4.69, 9.17) is 9.05 Å². The van der Waals surface area contributed by atoms with Gasteiger partial charge in [0.1, 0.15) is 12.0 Å². The number of fused-ring (bicyclic) bond motifs is 3. The Morgan fingerprint density at radius 1 is 0.806 bits per heavy atom. The first-order chi connectivity index (χ1) is 15.0. The van der Waals surface area contributed by atoms with E-state index >= 15 is 0 Å². The summed E-state index contributed by atoms with van der Waals surface area (Å²) in [6.07, 6.45) is 0.357. The number of phenolic OH excluding ortho intramolecular Hbond substituents is 1. The Bertz CT molecular complexity index is 693. The molecule has 2 heterocycles. The zero-order valence-corrected chi connectivity index (χ0v) is 20.0. The summed E-state index contributed by atoms with van der Waals surface area (Å²) in [6.45, 7) is 14.9. The van der Waals surface area contributed by atoms with Gasteiger partial charge in [0.25, 0.3) is 0 Å². The number of aromatic hydroxyl groups is 1. The quantitative estimate of drug-likeness (QED) is 0.601. The van der Waals surface area contributed by atoms with E-state index in [-0.39, 0.29) is 0 Å². The van der Waals surface area contributed by atoms with Crippen molar-refractivity contribution in [1.82, 2.24) is 19.6 Å². The average Bonchev–Trinajstić information content (AvgIpc) is 2.89. The molecular formula is C22H39N4O4P. The van der Waals surface area contributed by atoms with Crippen LogP contribution in [0.4, 0.5) is 0 Å². The summed E-state index contributed by atoms with van der Waals surface area (Å²) in [6, 6.07) is 7.63. The van der Waals surface area contributed by atoms with Gasteiger partial charge in [-0.15, -0.1) is 0 Å². The molecule has 8 nitrogen and oxygen atoms in total. The third kappa shape index (κ3) is 7.82. The smallest absolute Gasteiger partial charge is 0.344 e. The number of hydrogen-bond acceptors (Lipinski definition) is 8. The van der Waals surface area contributed by atoms with E-state index in [1.54, 1.807) is 6.07 Å². The minimum Gasteiger partial charge on any atom is -0.508 e. The monoisotopic (exact) mass is 454 g/mol. The third-order valence-electron chi connectivity index (χ3n) is 6.07. The molecule has 2 fully saturated rings. The highest BCUT2D eigenvalue weighted by Crippen LogP contribution is 2.48. The first kappa shape index (κ1) is 24.6. The van der Waals surface area contributed by atoms with Crippen LogP contribution < -0.4 is 0 Å². The van der Waals surface area contributed by atoms with Gasteiger partial charge in [-0.2, -0.15) is 0 Å².